The summed E-state index contributed by atoms with van der Waals surface area (Å²) in [6.45, 7) is 0.935. The second-order valence-corrected chi connectivity index (χ2v) is 5.81. The Labute approximate surface area is 145 Å². The number of nitrogens with zero attached hydrogens (tertiary/aromatic N) is 3. The van der Waals surface area contributed by atoms with Gasteiger partial charge in [-0.05, 0) is 12.1 Å². The van der Waals surface area contributed by atoms with E-state index in [4.69, 9.17) is 4.74 Å². The number of rotatable bonds is 7. The molecule has 9 heteroatoms. The van der Waals surface area contributed by atoms with E-state index in [0.717, 1.165) is 4.57 Å². The van der Waals surface area contributed by atoms with E-state index >= 15 is 0 Å². The molecule has 0 saturated carbocycles. The maximum absolute atomic E-state index is 13.3. The number of ether oxygens (including phenoxy) is 1. The number of hydrogen-bond acceptors (Lipinski definition) is 6. The van der Waals surface area contributed by atoms with Crippen LogP contribution in [0, 0.1) is 0 Å². The molecule has 0 aliphatic heterocycles. The van der Waals surface area contributed by atoms with Gasteiger partial charge in [0.1, 0.15) is 6.61 Å². The normalized spacial score (nSPS) is 11.0. The van der Waals surface area contributed by atoms with Gasteiger partial charge in [-0.15, -0.1) is 17.9 Å². The maximum Gasteiger partial charge on any atom is 0.358 e. The molecule has 0 fully saturated rings. The molecular formula is C16H14F2N4O2S. The third-order valence-electron chi connectivity index (χ3n) is 3.31. The maximum atomic E-state index is 13.3. The number of imidazole rings is 1. The molecule has 0 radical (unpaired) electrons. The van der Waals surface area contributed by atoms with Gasteiger partial charge in [0.25, 0.3) is 0 Å². The van der Waals surface area contributed by atoms with Crippen LogP contribution in [0.2, 0.25) is 0 Å². The van der Waals surface area contributed by atoms with Gasteiger partial charge in [0.05, 0.1) is 11.0 Å². The molecule has 3 aromatic rings. The Morgan fingerprint density at radius 1 is 1.40 bits per heavy atom. The molecule has 6 nitrogen and oxygen atoms in total. The topological polar surface area (TPSA) is 69.0 Å². The molecule has 2 aromatic heterocycles. The first kappa shape index (κ1) is 17.0. The fraction of sp³-hybridized carbons (Fsp3) is 0.188. The van der Waals surface area contributed by atoms with Crippen molar-refractivity contribution in [3.8, 4) is 0 Å². The number of carbonyl (C=O) groups excluding carboxylic acids is 1. The lowest BCUT2D eigenvalue weighted by Crippen LogP contribution is -2.11. The molecule has 0 spiro atoms. The summed E-state index contributed by atoms with van der Waals surface area (Å²) in [4.78, 5) is 20.2. The Kier molecular flexibility index (Phi) is 5.03. The lowest BCUT2D eigenvalue weighted by atomic mass is 10.3. The molecule has 1 aromatic carbocycles. The average molecular weight is 364 g/mol. The smallest absolute Gasteiger partial charge is 0.358 e. The number of aromatic nitrogens is 3. The van der Waals surface area contributed by atoms with Crippen LogP contribution in [0.5, 0.6) is 0 Å². The van der Waals surface area contributed by atoms with Crippen LogP contribution in [0.4, 0.5) is 13.9 Å². The minimum Gasteiger partial charge on any atom is -0.453 e. The molecule has 0 saturated heterocycles. The highest BCUT2D eigenvalue weighted by Gasteiger charge is 2.19. The van der Waals surface area contributed by atoms with Gasteiger partial charge in [0.15, 0.2) is 16.6 Å². The third-order valence-corrected chi connectivity index (χ3v) is 4.11. The van der Waals surface area contributed by atoms with Crippen molar-refractivity contribution in [1.29, 1.82) is 0 Å². The van der Waals surface area contributed by atoms with E-state index in [9.17, 15) is 13.6 Å². The van der Waals surface area contributed by atoms with E-state index in [2.05, 4.69) is 21.9 Å². The molecule has 130 valence electrons. The van der Waals surface area contributed by atoms with Gasteiger partial charge >= 0.3 is 12.5 Å². The molecule has 1 N–H and O–H groups in total. The number of fused-ring (bicyclic) bond motifs is 1. The molecule has 0 unspecified atom stereocenters. The van der Waals surface area contributed by atoms with Crippen LogP contribution in [-0.2, 0) is 11.3 Å². The molecule has 2 heterocycles. The van der Waals surface area contributed by atoms with Gasteiger partial charge in [-0.25, -0.2) is 14.8 Å². The molecule has 0 amide bonds. The van der Waals surface area contributed by atoms with Crippen LogP contribution in [0.15, 0.2) is 42.3 Å². The van der Waals surface area contributed by atoms with Crippen molar-refractivity contribution in [3.05, 3.63) is 53.8 Å². The van der Waals surface area contributed by atoms with Crippen LogP contribution >= 0.6 is 11.3 Å². The van der Waals surface area contributed by atoms with Crippen LogP contribution in [-0.4, -0.2) is 27.0 Å². The van der Waals surface area contributed by atoms with Crippen molar-refractivity contribution in [1.82, 2.24) is 14.5 Å². The number of para-hydroxylation sites is 2. The van der Waals surface area contributed by atoms with Crippen molar-refractivity contribution in [3.63, 3.8) is 0 Å². The zero-order chi connectivity index (χ0) is 17.8. The number of nitrogens with one attached hydrogen (secondary N) is 1. The number of halogens is 2. The first-order valence-corrected chi connectivity index (χ1v) is 8.19. The summed E-state index contributed by atoms with van der Waals surface area (Å²) in [6.07, 6.45) is 1.66. The Morgan fingerprint density at radius 2 is 2.20 bits per heavy atom. The van der Waals surface area contributed by atoms with E-state index < -0.39 is 12.5 Å². The van der Waals surface area contributed by atoms with E-state index in [1.54, 1.807) is 24.3 Å². The fourth-order valence-corrected chi connectivity index (χ4v) is 2.92. The first-order valence-electron chi connectivity index (χ1n) is 7.31. The van der Waals surface area contributed by atoms with Crippen LogP contribution in [0.1, 0.15) is 22.9 Å². The highest BCUT2D eigenvalue weighted by Crippen LogP contribution is 2.24. The number of benzene rings is 1. The SMILES string of the molecule is C=CCNc1nc(C(=O)OCc2nc3ccccc3n2C(F)F)cs1. The Balaban J connectivity index is 1.74. The van der Waals surface area contributed by atoms with Crippen molar-refractivity contribution < 1.29 is 18.3 Å². The lowest BCUT2D eigenvalue weighted by molar-refractivity contribution is 0.0383. The summed E-state index contributed by atoms with van der Waals surface area (Å²) >= 11 is 1.24. The lowest BCUT2D eigenvalue weighted by Gasteiger charge is -2.07. The highest BCUT2D eigenvalue weighted by atomic mass is 32.1. The largest absolute Gasteiger partial charge is 0.453 e. The van der Waals surface area contributed by atoms with Crippen molar-refractivity contribution in [2.75, 3.05) is 11.9 Å². The van der Waals surface area contributed by atoms with E-state index in [0.29, 0.717) is 17.2 Å². The standard InChI is InChI=1S/C16H14F2N4O2S/c1-2-7-19-16-21-11(9-25-16)14(23)24-8-13-20-10-5-3-4-6-12(10)22(13)15(17)18/h2-6,9,15H,1,7-8H2,(H,19,21). The van der Waals surface area contributed by atoms with E-state index in [1.165, 1.54) is 22.8 Å². The summed E-state index contributed by atoms with van der Waals surface area (Å²) in [6, 6.07) is 6.51. The molecule has 0 aliphatic rings. The van der Waals surface area contributed by atoms with Crippen LogP contribution in [0.25, 0.3) is 11.0 Å². The molecule has 0 atom stereocenters. The van der Waals surface area contributed by atoms with Gasteiger partial charge in [0.2, 0.25) is 0 Å². The van der Waals surface area contributed by atoms with Gasteiger partial charge in [-0.2, -0.15) is 8.78 Å². The zero-order valence-electron chi connectivity index (χ0n) is 13.0. The quantitative estimate of drug-likeness (QED) is 0.509. The number of esters is 1. The van der Waals surface area contributed by atoms with Crippen LogP contribution < -0.4 is 5.32 Å². The van der Waals surface area contributed by atoms with Crippen LogP contribution in [0.3, 0.4) is 0 Å². The average Bonchev–Trinajstić information content (AvgIpc) is 3.22. The predicted molar refractivity (Wildman–Crippen MR) is 90.9 cm³/mol. The summed E-state index contributed by atoms with van der Waals surface area (Å²) in [7, 11) is 0. The molecular weight excluding hydrogens is 350 g/mol. The van der Waals surface area contributed by atoms with Crippen molar-refractivity contribution in [2.24, 2.45) is 0 Å². The number of anilines is 1. The summed E-state index contributed by atoms with van der Waals surface area (Å²) in [5.74, 6) is -0.722. The Bertz CT molecular complexity index is 907. The fourth-order valence-electron chi connectivity index (χ4n) is 2.23. The predicted octanol–water partition coefficient (Wildman–Crippen LogP) is 3.84. The number of carbonyl (C=O) groups is 1. The summed E-state index contributed by atoms with van der Waals surface area (Å²) < 4.78 is 32.5. The monoisotopic (exact) mass is 364 g/mol. The van der Waals surface area contributed by atoms with Gasteiger partial charge in [-0.3, -0.25) is 4.57 Å². The second kappa shape index (κ2) is 7.39. The second-order valence-electron chi connectivity index (χ2n) is 4.95. The Hall–Kier alpha value is -2.81. The van der Waals surface area contributed by atoms with Gasteiger partial charge in [-0.1, -0.05) is 18.2 Å². The highest BCUT2D eigenvalue weighted by molar-refractivity contribution is 7.13. The molecule has 25 heavy (non-hydrogen) atoms. The zero-order valence-corrected chi connectivity index (χ0v) is 13.8. The minimum atomic E-state index is -2.78. The van der Waals surface area contributed by atoms with Gasteiger partial charge in [0, 0.05) is 11.9 Å². The third kappa shape index (κ3) is 3.66. The Morgan fingerprint density at radius 3 is 2.96 bits per heavy atom. The molecule has 0 bridgehead atoms. The van der Waals surface area contributed by atoms with E-state index in [1.807, 2.05) is 0 Å². The number of thiazole rings is 1. The van der Waals surface area contributed by atoms with Crippen molar-refractivity contribution in [2.45, 2.75) is 13.2 Å². The minimum absolute atomic E-state index is 0.0233. The van der Waals surface area contributed by atoms with Crippen molar-refractivity contribution >= 4 is 33.5 Å². The molecule has 0 aliphatic carbocycles. The summed E-state index contributed by atoms with van der Waals surface area (Å²) in [5.41, 5.74) is 0.808. The number of hydrogen-bond donors (Lipinski definition) is 1. The van der Waals surface area contributed by atoms with Gasteiger partial charge < -0.3 is 10.1 Å². The molecule has 3 rings (SSSR count). The first-order chi connectivity index (χ1) is 12.1. The summed E-state index contributed by atoms with van der Waals surface area (Å²) in [5, 5.41) is 5.03. The number of alkyl halides is 2. The van der Waals surface area contributed by atoms with E-state index in [-0.39, 0.29) is 23.6 Å².